The molecule has 1 aliphatic rings. The Morgan fingerprint density at radius 3 is 1.42 bits per heavy atom. The number of benzene rings is 3. The summed E-state index contributed by atoms with van der Waals surface area (Å²) < 4.78 is 84.4. The molecule has 1 saturated heterocycles. The summed E-state index contributed by atoms with van der Waals surface area (Å²) in [4.78, 5) is 0. The van der Waals surface area contributed by atoms with Crippen LogP contribution in [0, 0.1) is 5.41 Å². The molecule has 3 aromatic rings. The minimum atomic E-state index is -2.92. The maximum atomic E-state index is 14.3. The molecule has 1 fully saturated rings. The molecule has 4 rings (SSSR count). The number of halogens is 4. The summed E-state index contributed by atoms with van der Waals surface area (Å²) in [5, 5.41) is 0. The lowest BCUT2D eigenvalue weighted by Crippen LogP contribution is -2.45. The van der Waals surface area contributed by atoms with Crippen molar-refractivity contribution in [3.8, 4) is 28.4 Å². The van der Waals surface area contributed by atoms with E-state index in [0.29, 0.717) is 37.1 Å². The van der Waals surface area contributed by atoms with Crippen LogP contribution in [-0.4, -0.2) is 58.1 Å². The van der Waals surface area contributed by atoms with Gasteiger partial charge in [0.25, 0.3) is 11.8 Å². The summed E-state index contributed by atoms with van der Waals surface area (Å²) in [7, 11) is 0. The molecule has 0 aromatic heterocycles. The molecular formula is C36H42F4O5. The topological polar surface area (TPSA) is 46.2 Å². The predicted octanol–water partition coefficient (Wildman–Crippen LogP) is 9.11. The predicted molar refractivity (Wildman–Crippen MR) is 168 cm³/mol. The van der Waals surface area contributed by atoms with Crippen LogP contribution < -0.4 is 14.2 Å². The van der Waals surface area contributed by atoms with Gasteiger partial charge in [0.15, 0.2) is 0 Å². The van der Waals surface area contributed by atoms with Crippen LogP contribution in [0.4, 0.5) is 17.6 Å². The fraction of sp³-hybridized carbons (Fsp3) is 0.444. The van der Waals surface area contributed by atoms with Crippen LogP contribution in [-0.2, 0) is 9.47 Å². The van der Waals surface area contributed by atoms with E-state index in [1.807, 2.05) is 36.4 Å². The summed E-state index contributed by atoms with van der Waals surface area (Å²) in [6.45, 7) is 7.09. The van der Waals surface area contributed by atoms with Gasteiger partial charge in [-0.1, -0.05) is 56.0 Å². The molecule has 9 heteroatoms. The van der Waals surface area contributed by atoms with Crippen LogP contribution in [0.2, 0.25) is 0 Å². The van der Waals surface area contributed by atoms with E-state index in [1.54, 1.807) is 42.5 Å². The minimum absolute atomic E-state index is 0.00208. The fourth-order valence-electron chi connectivity index (χ4n) is 4.68. The second-order valence-corrected chi connectivity index (χ2v) is 11.5. The molecule has 0 spiro atoms. The maximum Gasteiger partial charge on any atom is 0.254 e. The third-order valence-corrected chi connectivity index (χ3v) is 7.95. The molecule has 0 unspecified atom stereocenters. The van der Waals surface area contributed by atoms with Crippen LogP contribution in [0.25, 0.3) is 17.2 Å². The van der Waals surface area contributed by atoms with E-state index in [4.69, 9.17) is 23.7 Å². The quantitative estimate of drug-likeness (QED) is 0.0921. The average molecular weight is 631 g/mol. The van der Waals surface area contributed by atoms with Gasteiger partial charge in [-0.25, -0.2) is 17.6 Å². The van der Waals surface area contributed by atoms with Gasteiger partial charge in [-0.15, -0.1) is 0 Å². The molecule has 1 aliphatic heterocycles. The molecule has 0 bridgehead atoms. The van der Waals surface area contributed by atoms with Gasteiger partial charge in [-0.05, 0) is 59.5 Å². The van der Waals surface area contributed by atoms with Crippen molar-refractivity contribution in [2.75, 3.05) is 46.2 Å². The third kappa shape index (κ3) is 11.1. The van der Waals surface area contributed by atoms with E-state index < -0.39 is 31.1 Å². The van der Waals surface area contributed by atoms with Crippen LogP contribution in [0.3, 0.4) is 0 Å². The van der Waals surface area contributed by atoms with Crippen LogP contribution >= 0.6 is 0 Å². The lowest BCUT2D eigenvalue weighted by Gasteiger charge is -2.40. The number of alkyl halides is 4. The molecule has 45 heavy (non-hydrogen) atoms. The summed E-state index contributed by atoms with van der Waals surface area (Å²) in [5.41, 5.74) is 2.70. The van der Waals surface area contributed by atoms with Gasteiger partial charge >= 0.3 is 0 Å². The highest BCUT2D eigenvalue weighted by Gasteiger charge is 2.37. The van der Waals surface area contributed by atoms with Gasteiger partial charge in [0.1, 0.15) is 17.2 Å². The van der Waals surface area contributed by atoms with Gasteiger partial charge in [-0.3, -0.25) is 0 Å². The summed E-state index contributed by atoms with van der Waals surface area (Å²) >= 11 is 0. The summed E-state index contributed by atoms with van der Waals surface area (Å²) in [6, 6.07) is 21.3. The highest BCUT2D eigenvalue weighted by Crippen LogP contribution is 2.32. The average Bonchev–Trinajstić information content (AvgIpc) is 3.01. The SMILES string of the molecule is C=Cc1ccc(OCCC(F)(F)CCOc2ccc(-c3ccc(OCCC(F)(F)CCOCC4(CC)COC4)cc3)cc2)cc1. The van der Waals surface area contributed by atoms with E-state index in [1.165, 1.54) is 0 Å². The highest BCUT2D eigenvalue weighted by atomic mass is 19.3. The first kappa shape index (κ1) is 34.3. The van der Waals surface area contributed by atoms with Gasteiger partial charge in [0.2, 0.25) is 0 Å². The molecule has 5 nitrogen and oxygen atoms in total. The van der Waals surface area contributed by atoms with Crippen molar-refractivity contribution in [3.63, 3.8) is 0 Å². The van der Waals surface area contributed by atoms with Crippen molar-refractivity contribution in [2.24, 2.45) is 5.41 Å². The first-order valence-electron chi connectivity index (χ1n) is 15.3. The van der Waals surface area contributed by atoms with Crippen molar-refractivity contribution in [1.82, 2.24) is 0 Å². The standard InChI is InChI=1S/C36H42F4O5/c1-3-28-5-11-31(12-6-28)43-23-19-36(39,40)20-24-45-33-15-9-30(10-16-33)29-7-13-32(14-8-29)44-22-18-35(37,38)17-21-41-25-34(4-2)26-42-27-34/h3,5-16H,1,4,17-27H2,2H3. The second kappa shape index (κ2) is 16.1. The Labute approximate surface area is 263 Å². The van der Waals surface area contributed by atoms with Gasteiger partial charge in [0, 0.05) is 31.1 Å². The lowest BCUT2D eigenvalue weighted by atomic mass is 9.84. The summed E-state index contributed by atoms with van der Waals surface area (Å²) in [5.74, 6) is -4.27. The Kier molecular flexibility index (Phi) is 12.3. The van der Waals surface area contributed by atoms with Crippen molar-refractivity contribution < 1.29 is 41.2 Å². The van der Waals surface area contributed by atoms with Gasteiger partial charge in [0.05, 0.1) is 46.2 Å². The van der Waals surface area contributed by atoms with Crippen LogP contribution in [0.15, 0.2) is 79.4 Å². The largest absolute Gasteiger partial charge is 0.493 e. The number of hydrogen-bond donors (Lipinski definition) is 0. The van der Waals surface area contributed by atoms with Gasteiger partial charge in [-0.2, -0.15) is 0 Å². The summed E-state index contributed by atoms with van der Waals surface area (Å²) in [6.07, 6.45) is 1.02. The zero-order chi connectivity index (χ0) is 32.2. The van der Waals surface area contributed by atoms with Crippen molar-refractivity contribution in [2.45, 2.75) is 50.9 Å². The molecular weight excluding hydrogens is 588 g/mol. The number of hydrogen-bond acceptors (Lipinski definition) is 5. The number of rotatable bonds is 20. The Morgan fingerprint density at radius 2 is 1.07 bits per heavy atom. The first-order valence-corrected chi connectivity index (χ1v) is 15.3. The Hall–Kier alpha value is -3.56. The van der Waals surface area contributed by atoms with Crippen molar-refractivity contribution in [1.29, 1.82) is 0 Å². The minimum Gasteiger partial charge on any atom is -0.493 e. The molecule has 3 aromatic carbocycles. The molecule has 0 amide bonds. The Balaban J connectivity index is 1.12. The molecule has 0 N–H and O–H groups in total. The molecule has 244 valence electrons. The van der Waals surface area contributed by atoms with Crippen LogP contribution in [0.5, 0.6) is 17.2 Å². The molecule has 0 saturated carbocycles. The third-order valence-electron chi connectivity index (χ3n) is 7.95. The van der Waals surface area contributed by atoms with E-state index in [0.717, 1.165) is 23.1 Å². The first-order chi connectivity index (χ1) is 21.6. The van der Waals surface area contributed by atoms with E-state index in [2.05, 4.69) is 13.5 Å². The maximum absolute atomic E-state index is 14.3. The Bertz CT molecular complexity index is 1300. The molecule has 0 atom stereocenters. The van der Waals surface area contributed by atoms with Gasteiger partial charge < -0.3 is 23.7 Å². The fourth-order valence-corrected chi connectivity index (χ4v) is 4.68. The smallest absolute Gasteiger partial charge is 0.254 e. The molecule has 0 aliphatic carbocycles. The lowest BCUT2D eigenvalue weighted by molar-refractivity contribution is -0.154. The van der Waals surface area contributed by atoms with Crippen LogP contribution in [0.1, 0.15) is 44.6 Å². The second-order valence-electron chi connectivity index (χ2n) is 11.5. The Morgan fingerprint density at radius 1 is 0.667 bits per heavy atom. The normalized spacial score (nSPS) is 14.4. The van der Waals surface area contributed by atoms with Crippen molar-refractivity contribution >= 4 is 6.08 Å². The zero-order valence-corrected chi connectivity index (χ0v) is 25.8. The number of ether oxygens (including phenoxy) is 5. The molecule has 1 heterocycles. The van der Waals surface area contributed by atoms with Crippen molar-refractivity contribution in [3.05, 3.63) is 84.9 Å². The zero-order valence-electron chi connectivity index (χ0n) is 25.8. The van der Waals surface area contributed by atoms with E-state index >= 15 is 0 Å². The molecule has 0 radical (unpaired) electrons. The van der Waals surface area contributed by atoms with E-state index in [9.17, 15) is 17.6 Å². The highest BCUT2D eigenvalue weighted by molar-refractivity contribution is 5.64. The monoisotopic (exact) mass is 630 g/mol. The van der Waals surface area contributed by atoms with E-state index in [-0.39, 0.29) is 38.3 Å².